The fraction of sp³-hybridized carbons (Fsp3) is 0.200. The highest BCUT2D eigenvalue weighted by Gasteiger charge is 2.16. The Bertz CT molecular complexity index is 574. The average Bonchev–Trinajstić information content (AvgIpc) is 2.39. The standard InChI is InChI=1S/C15H13BrClFO/c16-12-6-5-10(15(18)8-12)7-11(9-19)13-3-1-2-4-14(13)17/h1-6,8,11,19H,7,9H2. The maximum atomic E-state index is 13.8. The number of rotatable bonds is 4. The first-order chi connectivity index (χ1) is 9.11. The minimum absolute atomic E-state index is 0.0702. The first-order valence-corrected chi connectivity index (χ1v) is 7.08. The summed E-state index contributed by atoms with van der Waals surface area (Å²) in [5, 5.41) is 10.1. The van der Waals surface area contributed by atoms with E-state index in [1.807, 2.05) is 18.2 Å². The van der Waals surface area contributed by atoms with Gasteiger partial charge in [0.15, 0.2) is 0 Å². The van der Waals surface area contributed by atoms with Crippen molar-refractivity contribution in [1.82, 2.24) is 0 Å². The highest BCUT2D eigenvalue weighted by Crippen LogP contribution is 2.28. The quantitative estimate of drug-likeness (QED) is 0.863. The maximum absolute atomic E-state index is 13.8. The smallest absolute Gasteiger partial charge is 0.127 e. The maximum Gasteiger partial charge on any atom is 0.127 e. The van der Waals surface area contributed by atoms with Crippen molar-refractivity contribution in [2.45, 2.75) is 12.3 Å². The summed E-state index contributed by atoms with van der Waals surface area (Å²) < 4.78 is 14.5. The van der Waals surface area contributed by atoms with Gasteiger partial charge in [0.1, 0.15) is 5.82 Å². The van der Waals surface area contributed by atoms with Gasteiger partial charge >= 0.3 is 0 Å². The summed E-state index contributed by atoms with van der Waals surface area (Å²) in [5.74, 6) is -0.482. The Morgan fingerprint density at radius 3 is 2.58 bits per heavy atom. The Balaban J connectivity index is 2.27. The molecule has 1 atom stereocenters. The molecule has 0 spiro atoms. The van der Waals surface area contributed by atoms with Crippen LogP contribution in [0.2, 0.25) is 5.02 Å². The van der Waals surface area contributed by atoms with E-state index in [1.54, 1.807) is 18.2 Å². The topological polar surface area (TPSA) is 20.2 Å². The van der Waals surface area contributed by atoms with E-state index in [9.17, 15) is 9.50 Å². The van der Waals surface area contributed by atoms with Gasteiger partial charge in [-0.3, -0.25) is 0 Å². The molecule has 0 amide bonds. The third-order valence-electron chi connectivity index (χ3n) is 3.05. The fourth-order valence-electron chi connectivity index (χ4n) is 2.03. The molecular formula is C15H13BrClFO. The van der Waals surface area contributed by atoms with E-state index in [4.69, 9.17) is 11.6 Å². The summed E-state index contributed by atoms with van der Waals surface area (Å²) in [6.07, 6.45) is 0.416. The Kier molecular flexibility index (Phi) is 4.97. The second-order valence-electron chi connectivity index (χ2n) is 4.34. The zero-order valence-electron chi connectivity index (χ0n) is 10.1. The molecule has 1 N–H and O–H groups in total. The van der Waals surface area contributed by atoms with E-state index in [-0.39, 0.29) is 18.3 Å². The number of hydrogen-bond donors (Lipinski definition) is 1. The summed E-state index contributed by atoms with van der Waals surface area (Å²) >= 11 is 9.34. The van der Waals surface area contributed by atoms with E-state index in [1.165, 1.54) is 6.07 Å². The molecule has 0 heterocycles. The molecule has 0 fully saturated rings. The third kappa shape index (κ3) is 3.56. The van der Waals surface area contributed by atoms with Crippen LogP contribution in [-0.4, -0.2) is 11.7 Å². The molecule has 0 saturated carbocycles. The van der Waals surface area contributed by atoms with E-state index in [2.05, 4.69) is 15.9 Å². The average molecular weight is 344 g/mol. The van der Waals surface area contributed by atoms with Crippen LogP contribution in [0, 0.1) is 5.82 Å². The van der Waals surface area contributed by atoms with Crippen molar-refractivity contribution in [3.05, 3.63) is 68.9 Å². The molecule has 0 aromatic heterocycles. The second kappa shape index (κ2) is 6.51. The lowest BCUT2D eigenvalue weighted by Gasteiger charge is -2.16. The van der Waals surface area contributed by atoms with Crippen LogP contribution < -0.4 is 0 Å². The second-order valence-corrected chi connectivity index (χ2v) is 5.66. The SMILES string of the molecule is OCC(Cc1ccc(Br)cc1F)c1ccccc1Cl. The monoisotopic (exact) mass is 342 g/mol. The van der Waals surface area contributed by atoms with Crippen LogP contribution in [0.1, 0.15) is 17.0 Å². The molecule has 0 saturated heterocycles. The summed E-state index contributed by atoms with van der Waals surface area (Å²) in [7, 11) is 0. The van der Waals surface area contributed by atoms with Gasteiger partial charge in [0.2, 0.25) is 0 Å². The molecule has 2 rings (SSSR count). The first kappa shape index (κ1) is 14.5. The molecule has 2 aromatic rings. The summed E-state index contributed by atoms with van der Waals surface area (Å²) in [6, 6.07) is 12.3. The number of halogens is 3. The van der Waals surface area contributed by atoms with Gasteiger partial charge in [-0.25, -0.2) is 4.39 Å². The van der Waals surface area contributed by atoms with Crippen LogP contribution in [0.3, 0.4) is 0 Å². The number of hydrogen-bond acceptors (Lipinski definition) is 1. The van der Waals surface area contributed by atoms with Crippen LogP contribution in [0.5, 0.6) is 0 Å². The molecule has 1 unspecified atom stereocenters. The Hall–Kier alpha value is -0.900. The summed E-state index contributed by atoms with van der Waals surface area (Å²) in [6.45, 7) is -0.0702. The van der Waals surface area contributed by atoms with Crippen molar-refractivity contribution in [3.63, 3.8) is 0 Å². The molecule has 1 nitrogen and oxygen atoms in total. The van der Waals surface area contributed by atoms with Crippen molar-refractivity contribution >= 4 is 27.5 Å². The molecule has 100 valence electrons. The lowest BCUT2D eigenvalue weighted by Crippen LogP contribution is -2.09. The van der Waals surface area contributed by atoms with Crippen LogP contribution in [0.15, 0.2) is 46.9 Å². The molecule has 0 bridgehead atoms. The van der Waals surface area contributed by atoms with E-state index >= 15 is 0 Å². The predicted octanol–water partition coefficient (Wildman–Crippen LogP) is 4.56. The Morgan fingerprint density at radius 2 is 1.95 bits per heavy atom. The molecule has 0 aliphatic rings. The van der Waals surface area contributed by atoms with Crippen LogP contribution in [-0.2, 0) is 6.42 Å². The van der Waals surface area contributed by atoms with Gasteiger partial charge in [0, 0.05) is 15.4 Å². The van der Waals surface area contributed by atoms with E-state index in [0.29, 0.717) is 21.5 Å². The van der Waals surface area contributed by atoms with Crippen molar-refractivity contribution in [2.24, 2.45) is 0 Å². The minimum Gasteiger partial charge on any atom is -0.396 e. The normalized spacial score (nSPS) is 12.4. The highest BCUT2D eigenvalue weighted by molar-refractivity contribution is 9.10. The zero-order valence-corrected chi connectivity index (χ0v) is 12.5. The van der Waals surface area contributed by atoms with Gasteiger partial charge in [-0.1, -0.05) is 51.8 Å². The van der Waals surface area contributed by atoms with E-state index < -0.39 is 0 Å². The lowest BCUT2D eigenvalue weighted by molar-refractivity contribution is 0.264. The van der Waals surface area contributed by atoms with Crippen molar-refractivity contribution in [1.29, 1.82) is 0 Å². The van der Waals surface area contributed by atoms with Crippen LogP contribution in [0.4, 0.5) is 4.39 Å². The molecule has 19 heavy (non-hydrogen) atoms. The number of aliphatic hydroxyl groups excluding tert-OH is 1. The molecule has 2 aromatic carbocycles. The van der Waals surface area contributed by atoms with E-state index in [0.717, 1.165) is 5.56 Å². The van der Waals surface area contributed by atoms with Gasteiger partial charge in [-0.2, -0.15) is 0 Å². The predicted molar refractivity (Wildman–Crippen MR) is 79.1 cm³/mol. The van der Waals surface area contributed by atoms with Crippen LogP contribution >= 0.6 is 27.5 Å². The van der Waals surface area contributed by atoms with Crippen LogP contribution in [0.25, 0.3) is 0 Å². The first-order valence-electron chi connectivity index (χ1n) is 5.91. The zero-order chi connectivity index (χ0) is 13.8. The van der Waals surface area contributed by atoms with Crippen molar-refractivity contribution in [2.75, 3.05) is 6.61 Å². The molecular weight excluding hydrogens is 331 g/mol. The van der Waals surface area contributed by atoms with Gasteiger partial charge in [0.25, 0.3) is 0 Å². The van der Waals surface area contributed by atoms with Gasteiger partial charge in [-0.15, -0.1) is 0 Å². The lowest BCUT2D eigenvalue weighted by atomic mass is 9.92. The van der Waals surface area contributed by atoms with Gasteiger partial charge in [0.05, 0.1) is 6.61 Å². The van der Waals surface area contributed by atoms with Crippen molar-refractivity contribution in [3.8, 4) is 0 Å². The fourth-order valence-corrected chi connectivity index (χ4v) is 2.65. The van der Waals surface area contributed by atoms with Gasteiger partial charge < -0.3 is 5.11 Å². The van der Waals surface area contributed by atoms with Gasteiger partial charge in [-0.05, 0) is 35.7 Å². The molecule has 0 radical (unpaired) electrons. The summed E-state index contributed by atoms with van der Waals surface area (Å²) in [4.78, 5) is 0. The Morgan fingerprint density at radius 1 is 1.21 bits per heavy atom. The minimum atomic E-state index is -0.278. The molecule has 0 aliphatic heterocycles. The van der Waals surface area contributed by atoms with Crippen molar-refractivity contribution < 1.29 is 9.50 Å². The highest BCUT2D eigenvalue weighted by atomic mass is 79.9. The summed E-state index contributed by atoms with van der Waals surface area (Å²) in [5.41, 5.74) is 1.41. The number of benzene rings is 2. The molecule has 4 heteroatoms. The Labute approximate surface area is 125 Å². The largest absolute Gasteiger partial charge is 0.396 e. The number of aliphatic hydroxyl groups is 1. The molecule has 0 aliphatic carbocycles. The third-order valence-corrected chi connectivity index (χ3v) is 3.88.